The normalized spacial score (nSPS) is 12.5. The van der Waals surface area contributed by atoms with E-state index in [0.717, 1.165) is 17.2 Å². The fourth-order valence-corrected chi connectivity index (χ4v) is 3.19. The van der Waals surface area contributed by atoms with Gasteiger partial charge < -0.3 is 15.4 Å². The van der Waals surface area contributed by atoms with Crippen LogP contribution in [0.15, 0.2) is 29.4 Å². The summed E-state index contributed by atoms with van der Waals surface area (Å²) in [4.78, 5) is 25.9. The third-order valence-corrected chi connectivity index (χ3v) is 4.79. The summed E-state index contributed by atoms with van der Waals surface area (Å²) < 4.78 is 5.08. The van der Waals surface area contributed by atoms with Crippen LogP contribution in [0.25, 0.3) is 0 Å². The number of ether oxygens (including phenoxy) is 1. The predicted octanol–water partition coefficient (Wildman–Crippen LogP) is 2.84. The van der Waals surface area contributed by atoms with Gasteiger partial charge >= 0.3 is 5.97 Å². The van der Waals surface area contributed by atoms with Crippen LogP contribution in [0.4, 0.5) is 0 Å². The lowest BCUT2D eigenvalue weighted by atomic mass is 10.3. The number of nitrogens with one attached hydrogen (secondary N) is 2. The van der Waals surface area contributed by atoms with Crippen LogP contribution in [0, 0.1) is 6.92 Å². The minimum absolute atomic E-state index is 0.0941. The maximum absolute atomic E-state index is 12.0. The van der Waals surface area contributed by atoms with E-state index in [-0.39, 0.29) is 12.0 Å². The number of carbonyl (C=O) groups excluding carboxylic acids is 1. The monoisotopic (exact) mass is 375 g/mol. The van der Waals surface area contributed by atoms with Crippen LogP contribution in [-0.4, -0.2) is 35.0 Å². The molecule has 0 aromatic carbocycles. The first-order chi connectivity index (χ1) is 12.5. The van der Waals surface area contributed by atoms with Gasteiger partial charge in [-0.15, -0.1) is 11.3 Å². The highest BCUT2D eigenvalue weighted by Gasteiger charge is 2.20. The molecule has 140 valence electrons. The highest BCUT2D eigenvalue weighted by atomic mass is 32.1. The van der Waals surface area contributed by atoms with Crippen molar-refractivity contribution < 1.29 is 9.53 Å². The maximum atomic E-state index is 12.0. The SMILES string of the molecule is CCNC(=NCc1ccccn1)NC(C)c1nc(C)c(C(=O)OCC)s1. The number of esters is 1. The van der Waals surface area contributed by atoms with E-state index in [9.17, 15) is 4.79 Å². The molecule has 0 bridgehead atoms. The van der Waals surface area contributed by atoms with E-state index in [2.05, 4.69) is 25.6 Å². The molecule has 1 atom stereocenters. The van der Waals surface area contributed by atoms with Gasteiger partial charge in [-0.25, -0.2) is 14.8 Å². The molecular formula is C18H25N5O2S. The molecular weight excluding hydrogens is 350 g/mol. The molecule has 0 spiro atoms. The second-order valence-electron chi connectivity index (χ2n) is 5.57. The van der Waals surface area contributed by atoms with Crippen molar-refractivity contribution in [2.45, 2.75) is 40.3 Å². The van der Waals surface area contributed by atoms with E-state index < -0.39 is 0 Å². The number of guanidine groups is 1. The van der Waals surface area contributed by atoms with Crippen LogP contribution in [0.1, 0.15) is 52.9 Å². The number of aliphatic imine (C=N–C) groups is 1. The van der Waals surface area contributed by atoms with Crippen molar-refractivity contribution in [3.8, 4) is 0 Å². The molecule has 0 radical (unpaired) electrons. The van der Waals surface area contributed by atoms with Crippen LogP contribution in [-0.2, 0) is 11.3 Å². The van der Waals surface area contributed by atoms with Crippen molar-refractivity contribution in [3.05, 3.63) is 45.7 Å². The number of hydrogen-bond acceptors (Lipinski definition) is 6. The summed E-state index contributed by atoms with van der Waals surface area (Å²) in [6.45, 7) is 9.18. The summed E-state index contributed by atoms with van der Waals surface area (Å²) in [5, 5.41) is 7.35. The van der Waals surface area contributed by atoms with Crippen LogP contribution in [0.3, 0.4) is 0 Å². The zero-order chi connectivity index (χ0) is 18.9. The number of nitrogens with zero attached hydrogens (tertiary/aromatic N) is 3. The molecule has 0 aliphatic heterocycles. The molecule has 26 heavy (non-hydrogen) atoms. The lowest BCUT2D eigenvalue weighted by Crippen LogP contribution is -2.38. The summed E-state index contributed by atoms with van der Waals surface area (Å²) in [5.41, 5.74) is 1.58. The molecule has 2 aromatic heterocycles. The van der Waals surface area contributed by atoms with Crippen molar-refractivity contribution in [2.24, 2.45) is 4.99 Å². The molecule has 0 saturated carbocycles. The Balaban J connectivity index is 2.08. The van der Waals surface area contributed by atoms with Crippen LogP contribution in [0.2, 0.25) is 0 Å². The van der Waals surface area contributed by atoms with Crippen molar-refractivity contribution in [1.82, 2.24) is 20.6 Å². The lowest BCUT2D eigenvalue weighted by molar-refractivity contribution is 0.0531. The van der Waals surface area contributed by atoms with E-state index >= 15 is 0 Å². The number of pyridine rings is 1. The fourth-order valence-electron chi connectivity index (χ4n) is 2.23. The summed E-state index contributed by atoms with van der Waals surface area (Å²) in [5.74, 6) is 0.355. The summed E-state index contributed by atoms with van der Waals surface area (Å²) in [7, 11) is 0. The van der Waals surface area contributed by atoms with Gasteiger partial charge in [-0.3, -0.25) is 4.98 Å². The zero-order valence-corrected chi connectivity index (χ0v) is 16.4. The molecule has 0 aliphatic rings. The van der Waals surface area contributed by atoms with Crippen LogP contribution >= 0.6 is 11.3 Å². The molecule has 2 aromatic rings. The second kappa shape index (κ2) is 9.86. The molecule has 2 N–H and O–H groups in total. The van der Waals surface area contributed by atoms with Gasteiger partial charge in [0.2, 0.25) is 0 Å². The number of aryl methyl sites for hydroxylation is 1. The minimum Gasteiger partial charge on any atom is -0.462 e. The molecule has 2 rings (SSSR count). The minimum atomic E-state index is -0.323. The summed E-state index contributed by atoms with van der Waals surface area (Å²) >= 11 is 1.35. The quantitative estimate of drug-likeness (QED) is 0.439. The molecule has 0 saturated heterocycles. The lowest BCUT2D eigenvalue weighted by Gasteiger charge is -2.15. The van der Waals surface area contributed by atoms with E-state index in [1.165, 1.54) is 11.3 Å². The highest BCUT2D eigenvalue weighted by molar-refractivity contribution is 7.13. The number of aromatic nitrogens is 2. The Morgan fingerprint density at radius 2 is 2.19 bits per heavy atom. The summed E-state index contributed by atoms with van der Waals surface area (Å²) in [6.07, 6.45) is 1.75. The van der Waals surface area contributed by atoms with Crippen LogP contribution in [0.5, 0.6) is 0 Å². The largest absolute Gasteiger partial charge is 0.462 e. The Hall–Kier alpha value is -2.48. The van der Waals surface area contributed by atoms with Crippen LogP contribution < -0.4 is 10.6 Å². The Morgan fingerprint density at radius 3 is 2.85 bits per heavy atom. The Labute approximate surface area is 157 Å². The molecule has 0 amide bonds. The van der Waals surface area contributed by atoms with Gasteiger partial charge in [-0.05, 0) is 39.8 Å². The number of hydrogen-bond donors (Lipinski definition) is 2. The van der Waals surface area contributed by atoms with Gasteiger partial charge in [-0.2, -0.15) is 0 Å². The average molecular weight is 375 g/mol. The first kappa shape index (κ1) is 19.8. The van der Waals surface area contributed by atoms with Crippen molar-refractivity contribution in [1.29, 1.82) is 0 Å². The van der Waals surface area contributed by atoms with Gasteiger partial charge in [0.05, 0.1) is 30.6 Å². The molecule has 2 heterocycles. The fraction of sp³-hybridized carbons (Fsp3) is 0.444. The molecule has 1 unspecified atom stereocenters. The third kappa shape index (κ3) is 5.52. The number of thiazole rings is 1. The Bertz CT molecular complexity index is 745. The predicted molar refractivity (Wildman–Crippen MR) is 103 cm³/mol. The Kier molecular flexibility index (Phi) is 7.53. The van der Waals surface area contributed by atoms with Gasteiger partial charge in [0.15, 0.2) is 5.96 Å². The van der Waals surface area contributed by atoms with Crippen molar-refractivity contribution in [3.63, 3.8) is 0 Å². The number of rotatable bonds is 7. The van der Waals surface area contributed by atoms with E-state index in [4.69, 9.17) is 4.74 Å². The van der Waals surface area contributed by atoms with Crippen molar-refractivity contribution in [2.75, 3.05) is 13.2 Å². The Morgan fingerprint density at radius 1 is 1.38 bits per heavy atom. The first-order valence-corrected chi connectivity index (χ1v) is 9.46. The summed E-state index contributed by atoms with van der Waals surface area (Å²) in [6, 6.07) is 5.66. The van der Waals surface area contributed by atoms with E-state index in [1.54, 1.807) is 13.1 Å². The maximum Gasteiger partial charge on any atom is 0.350 e. The number of carbonyl (C=O) groups is 1. The average Bonchev–Trinajstić information content (AvgIpc) is 3.03. The standard InChI is InChI=1S/C18H25N5O2S/c1-5-19-18(21-11-14-9-7-8-10-20-14)23-13(4)16-22-12(3)15(26-16)17(24)25-6-2/h7-10,13H,5-6,11H2,1-4H3,(H2,19,21,23). The van der Waals surface area contributed by atoms with Crippen molar-refractivity contribution >= 4 is 23.3 Å². The molecule has 0 aliphatic carbocycles. The molecule has 8 heteroatoms. The van der Waals surface area contributed by atoms with E-state index in [0.29, 0.717) is 29.7 Å². The molecule has 7 nitrogen and oxygen atoms in total. The van der Waals surface area contributed by atoms with E-state index in [1.807, 2.05) is 39.0 Å². The van der Waals surface area contributed by atoms with Gasteiger partial charge in [-0.1, -0.05) is 6.07 Å². The highest BCUT2D eigenvalue weighted by Crippen LogP contribution is 2.24. The van der Waals surface area contributed by atoms with Gasteiger partial charge in [0, 0.05) is 12.7 Å². The smallest absolute Gasteiger partial charge is 0.350 e. The molecule has 0 fully saturated rings. The third-order valence-electron chi connectivity index (χ3n) is 3.47. The van der Waals surface area contributed by atoms with Gasteiger partial charge in [0.1, 0.15) is 9.88 Å². The first-order valence-electron chi connectivity index (χ1n) is 8.64. The van der Waals surface area contributed by atoms with Gasteiger partial charge in [0.25, 0.3) is 0 Å². The zero-order valence-electron chi connectivity index (χ0n) is 15.6. The second-order valence-corrected chi connectivity index (χ2v) is 6.60. The topological polar surface area (TPSA) is 88.5 Å².